The second-order valence-corrected chi connectivity index (χ2v) is 1.95. The molecule has 0 aromatic rings. The summed E-state index contributed by atoms with van der Waals surface area (Å²) in [6.45, 7) is 3.81. The van der Waals surface area contributed by atoms with Gasteiger partial charge in [0, 0.05) is 13.1 Å². The van der Waals surface area contributed by atoms with Crippen molar-refractivity contribution in [2.75, 3.05) is 19.7 Å². The predicted molar refractivity (Wildman–Crippen MR) is 35.9 cm³/mol. The van der Waals surface area contributed by atoms with Gasteiger partial charge in [-0.3, -0.25) is 10.6 Å². The lowest BCUT2D eigenvalue weighted by atomic mass is 10.5. The fourth-order valence-corrected chi connectivity index (χ4v) is 0.785. The van der Waals surface area contributed by atoms with Crippen molar-refractivity contribution in [2.24, 2.45) is 0 Å². The summed E-state index contributed by atoms with van der Waals surface area (Å²) in [6.07, 6.45) is 0.488. The molecule has 10 heavy (non-hydrogen) atoms. The van der Waals surface area contributed by atoms with Crippen LogP contribution in [0, 0.1) is 6.17 Å². The van der Waals surface area contributed by atoms with Crippen LogP contribution >= 0.6 is 0 Å². The Morgan fingerprint density at radius 3 is 2.70 bits per heavy atom. The number of nitrogens with one attached hydrogen (secondary N) is 2. The second kappa shape index (κ2) is 3.53. The molecule has 4 nitrogen and oxygen atoms in total. The van der Waals surface area contributed by atoms with E-state index in [2.05, 4.69) is 10.6 Å². The zero-order valence-electron chi connectivity index (χ0n) is 5.94. The van der Waals surface area contributed by atoms with E-state index in [9.17, 15) is 4.79 Å². The van der Waals surface area contributed by atoms with Crippen molar-refractivity contribution >= 4 is 5.97 Å². The van der Waals surface area contributed by atoms with Gasteiger partial charge < -0.3 is 4.74 Å². The fraction of sp³-hybridized carbons (Fsp3) is 0.667. The molecule has 1 fully saturated rings. The maximum atomic E-state index is 10.9. The van der Waals surface area contributed by atoms with Crippen LogP contribution in [0.1, 0.15) is 6.92 Å². The smallest absolute Gasteiger partial charge is 0.345 e. The summed E-state index contributed by atoms with van der Waals surface area (Å²) in [5.74, 6) is -0.292. The van der Waals surface area contributed by atoms with Gasteiger partial charge in [0.2, 0.25) is 6.17 Å². The van der Waals surface area contributed by atoms with Gasteiger partial charge in [0.15, 0.2) is 0 Å². The summed E-state index contributed by atoms with van der Waals surface area (Å²) in [7, 11) is 0. The molecule has 1 saturated heterocycles. The first-order valence-electron chi connectivity index (χ1n) is 3.36. The predicted octanol–water partition coefficient (Wildman–Crippen LogP) is -0.768. The summed E-state index contributed by atoms with van der Waals surface area (Å²) >= 11 is 0. The van der Waals surface area contributed by atoms with E-state index >= 15 is 0 Å². The van der Waals surface area contributed by atoms with Crippen molar-refractivity contribution in [2.45, 2.75) is 6.92 Å². The molecule has 0 amide bonds. The van der Waals surface area contributed by atoms with Crippen molar-refractivity contribution in [1.82, 2.24) is 10.6 Å². The third-order valence-electron chi connectivity index (χ3n) is 1.21. The third-order valence-corrected chi connectivity index (χ3v) is 1.21. The molecule has 1 rings (SSSR count). The van der Waals surface area contributed by atoms with Gasteiger partial charge in [-0.25, -0.2) is 4.79 Å². The van der Waals surface area contributed by atoms with Crippen LogP contribution in [0.5, 0.6) is 0 Å². The minimum Gasteiger partial charge on any atom is -0.464 e. The van der Waals surface area contributed by atoms with Gasteiger partial charge >= 0.3 is 5.97 Å². The molecule has 1 radical (unpaired) electrons. The Hall–Kier alpha value is -0.610. The van der Waals surface area contributed by atoms with Crippen molar-refractivity contribution in [3.8, 4) is 0 Å². The molecule has 0 aromatic carbocycles. The van der Waals surface area contributed by atoms with Crippen molar-refractivity contribution in [1.29, 1.82) is 0 Å². The van der Waals surface area contributed by atoms with Gasteiger partial charge in [0.1, 0.15) is 0 Å². The highest BCUT2D eigenvalue weighted by Gasteiger charge is 2.23. The maximum Gasteiger partial charge on any atom is 0.345 e. The first kappa shape index (κ1) is 7.50. The summed E-state index contributed by atoms with van der Waals surface area (Å²) in [4.78, 5) is 10.9. The minimum absolute atomic E-state index is 0.292. The van der Waals surface area contributed by atoms with E-state index in [0.717, 1.165) is 13.1 Å². The molecule has 0 bridgehead atoms. The van der Waals surface area contributed by atoms with Crippen LogP contribution in [0.15, 0.2) is 0 Å². The molecule has 4 heteroatoms. The zero-order chi connectivity index (χ0) is 7.40. The highest BCUT2D eigenvalue weighted by Crippen LogP contribution is 1.97. The molecule has 57 valence electrons. The van der Waals surface area contributed by atoms with Gasteiger partial charge in [-0.05, 0) is 6.92 Å². The molecular formula is C6H11N2O2. The number of rotatable bonds is 2. The van der Waals surface area contributed by atoms with Crippen LogP contribution in [0.25, 0.3) is 0 Å². The number of ether oxygens (including phenoxy) is 1. The minimum atomic E-state index is -0.292. The zero-order valence-corrected chi connectivity index (χ0v) is 5.94. The lowest BCUT2D eigenvalue weighted by Crippen LogP contribution is -2.31. The standard InChI is InChI=1S/C6H11N2O2/c1-2-10-6(9)5-7-3-4-8-5/h7-8H,2-4H2,1H3. The van der Waals surface area contributed by atoms with Crippen LogP contribution in [0.4, 0.5) is 0 Å². The van der Waals surface area contributed by atoms with E-state index in [0.29, 0.717) is 12.8 Å². The monoisotopic (exact) mass is 143 g/mol. The molecule has 1 aliphatic rings. The lowest BCUT2D eigenvalue weighted by molar-refractivity contribution is -0.141. The Morgan fingerprint density at radius 1 is 1.60 bits per heavy atom. The molecule has 2 N–H and O–H groups in total. The van der Waals surface area contributed by atoms with Crippen molar-refractivity contribution in [3.63, 3.8) is 0 Å². The van der Waals surface area contributed by atoms with E-state index in [-0.39, 0.29) is 5.97 Å². The molecule has 1 heterocycles. The van der Waals surface area contributed by atoms with Crippen LogP contribution in [-0.2, 0) is 9.53 Å². The molecule has 0 spiro atoms. The van der Waals surface area contributed by atoms with Crippen LogP contribution in [-0.4, -0.2) is 25.7 Å². The van der Waals surface area contributed by atoms with E-state index in [4.69, 9.17) is 4.74 Å². The molecule has 0 unspecified atom stereocenters. The maximum absolute atomic E-state index is 10.9. The topological polar surface area (TPSA) is 50.4 Å². The van der Waals surface area contributed by atoms with E-state index in [1.165, 1.54) is 0 Å². The quantitative estimate of drug-likeness (QED) is 0.498. The summed E-state index contributed by atoms with van der Waals surface area (Å²) in [5.41, 5.74) is 0. The molecule has 0 aromatic heterocycles. The molecule has 1 aliphatic heterocycles. The van der Waals surface area contributed by atoms with Crippen molar-refractivity contribution < 1.29 is 9.53 Å². The van der Waals surface area contributed by atoms with Gasteiger partial charge in [-0.1, -0.05) is 0 Å². The van der Waals surface area contributed by atoms with Crippen LogP contribution in [0.2, 0.25) is 0 Å². The highest BCUT2D eigenvalue weighted by atomic mass is 16.5. The third kappa shape index (κ3) is 1.68. The SMILES string of the molecule is CCOC(=O)[C]1NCCN1. The molecule has 0 saturated carbocycles. The van der Waals surface area contributed by atoms with Crippen molar-refractivity contribution in [3.05, 3.63) is 6.17 Å². The Balaban J connectivity index is 2.25. The number of hydrogen-bond donors (Lipinski definition) is 2. The van der Waals surface area contributed by atoms with Crippen LogP contribution in [0.3, 0.4) is 0 Å². The average Bonchev–Trinajstić information content (AvgIpc) is 2.38. The van der Waals surface area contributed by atoms with E-state index in [1.54, 1.807) is 6.92 Å². The lowest BCUT2D eigenvalue weighted by Gasteiger charge is -2.06. The normalized spacial score (nSPS) is 19.3. The summed E-state index contributed by atoms with van der Waals surface area (Å²) < 4.78 is 4.72. The first-order valence-corrected chi connectivity index (χ1v) is 3.36. The number of hydrogen-bond acceptors (Lipinski definition) is 4. The Bertz CT molecular complexity index is 121. The van der Waals surface area contributed by atoms with E-state index < -0.39 is 0 Å². The molecule has 0 aliphatic carbocycles. The molecule has 0 atom stereocenters. The fourth-order valence-electron chi connectivity index (χ4n) is 0.785. The Kier molecular flexibility index (Phi) is 2.65. The first-order chi connectivity index (χ1) is 4.84. The van der Waals surface area contributed by atoms with E-state index in [1.807, 2.05) is 0 Å². The number of carbonyl (C=O) groups excluding carboxylic acids is 1. The number of carbonyl (C=O) groups is 1. The summed E-state index contributed by atoms with van der Waals surface area (Å²) in [6, 6.07) is 0. The Labute approximate surface area is 59.9 Å². The van der Waals surface area contributed by atoms with Gasteiger partial charge in [0.05, 0.1) is 6.61 Å². The number of esters is 1. The largest absolute Gasteiger partial charge is 0.464 e. The van der Waals surface area contributed by atoms with Gasteiger partial charge in [-0.2, -0.15) is 0 Å². The Morgan fingerprint density at radius 2 is 2.20 bits per heavy atom. The average molecular weight is 143 g/mol. The van der Waals surface area contributed by atoms with Gasteiger partial charge in [0.25, 0.3) is 0 Å². The van der Waals surface area contributed by atoms with Gasteiger partial charge in [-0.15, -0.1) is 0 Å². The second-order valence-electron chi connectivity index (χ2n) is 1.95. The summed E-state index contributed by atoms with van der Waals surface area (Å²) in [5, 5.41) is 5.74. The molecular weight excluding hydrogens is 132 g/mol. The highest BCUT2D eigenvalue weighted by molar-refractivity contribution is 5.83. The van der Waals surface area contributed by atoms with Crippen LogP contribution < -0.4 is 10.6 Å².